The Bertz CT molecular complexity index is 398. The Hall–Kier alpha value is -1.65. The highest BCUT2D eigenvalue weighted by atomic mass is 16.2. The molecule has 5 nitrogen and oxygen atoms in total. The molecule has 1 fully saturated rings. The maximum absolute atomic E-state index is 11.6. The summed E-state index contributed by atoms with van der Waals surface area (Å²) in [6, 6.07) is 1.78. The minimum absolute atomic E-state index is 0.0604. The number of hydrogen-bond donors (Lipinski definition) is 1. The summed E-state index contributed by atoms with van der Waals surface area (Å²) in [7, 11) is 1.86. The van der Waals surface area contributed by atoms with Crippen LogP contribution in [0, 0.1) is 13.8 Å². The Balaban J connectivity index is 2.26. The van der Waals surface area contributed by atoms with Crippen LogP contribution >= 0.6 is 0 Å². The van der Waals surface area contributed by atoms with E-state index in [1.807, 2.05) is 31.9 Å². The van der Waals surface area contributed by atoms with Crippen molar-refractivity contribution in [3.63, 3.8) is 0 Å². The molecule has 0 spiro atoms. The van der Waals surface area contributed by atoms with Crippen molar-refractivity contribution < 1.29 is 4.79 Å². The van der Waals surface area contributed by atoms with Crippen molar-refractivity contribution in [1.82, 2.24) is 15.3 Å². The van der Waals surface area contributed by atoms with Gasteiger partial charge in [0.1, 0.15) is 6.04 Å². The quantitative estimate of drug-likeness (QED) is 0.784. The number of likely N-dealkylation sites (N-methyl/N-ethyl adjacent to an activating group) is 1. The smallest absolute Gasteiger partial charge is 0.242 e. The fourth-order valence-corrected chi connectivity index (χ4v) is 1.95. The van der Waals surface area contributed by atoms with E-state index in [2.05, 4.69) is 15.3 Å². The van der Waals surface area contributed by atoms with Gasteiger partial charge in [0.2, 0.25) is 11.9 Å². The molecule has 0 bridgehead atoms. The van der Waals surface area contributed by atoms with Crippen molar-refractivity contribution in [3.8, 4) is 0 Å². The summed E-state index contributed by atoms with van der Waals surface area (Å²) in [6.07, 6.45) is 0.811. The first-order chi connectivity index (χ1) is 7.58. The van der Waals surface area contributed by atoms with E-state index in [9.17, 15) is 4.79 Å². The van der Waals surface area contributed by atoms with Gasteiger partial charge in [0, 0.05) is 25.0 Å². The van der Waals surface area contributed by atoms with Crippen LogP contribution in [0.2, 0.25) is 0 Å². The molecule has 1 aliphatic rings. The topological polar surface area (TPSA) is 58.1 Å². The molecule has 0 aromatic carbocycles. The van der Waals surface area contributed by atoms with Crippen molar-refractivity contribution in [2.45, 2.75) is 26.3 Å². The molecular formula is C11H16N4O. The van der Waals surface area contributed by atoms with Gasteiger partial charge in [-0.15, -0.1) is 0 Å². The number of hydrogen-bond acceptors (Lipinski definition) is 4. The fraction of sp³-hybridized carbons (Fsp3) is 0.545. The standard InChI is InChI=1S/C11H16N4O/c1-7-6-8(2)14-11(13-7)15(3)9-4-5-12-10(9)16/h6,9H,4-5H2,1-3H3,(H,12,16). The predicted molar refractivity (Wildman–Crippen MR) is 61.3 cm³/mol. The zero-order chi connectivity index (χ0) is 11.7. The molecule has 0 radical (unpaired) electrons. The molecule has 1 atom stereocenters. The Kier molecular flexibility index (Phi) is 2.77. The lowest BCUT2D eigenvalue weighted by Crippen LogP contribution is -2.39. The van der Waals surface area contributed by atoms with E-state index in [0.29, 0.717) is 5.95 Å². The fourth-order valence-electron chi connectivity index (χ4n) is 1.95. The summed E-state index contributed by atoms with van der Waals surface area (Å²) < 4.78 is 0. The normalized spacial score (nSPS) is 19.7. The van der Waals surface area contributed by atoms with Gasteiger partial charge >= 0.3 is 0 Å². The first-order valence-electron chi connectivity index (χ1n) is 5.41. The monoisotopic (exact) mass is 220 g/mol. The van der Waals surface area contributed by atoms with Gasteiger partial charge in [-0.2, -0.15) is 0 Å². The number of aryl methyl sites for hydroxylation is 2. The molecule has 0 saturated carbocycles. The predicted octanol–water partition coefficient (Wildman–Crippen LogP) is 0.418. The second-order valence-electron chi connectivity index (χ2n) is 4.16. The third kappa shape index (κ3) is 1.98. The highest BCUT2D eigenvalue weighted by molar-refractivity contribution is 5.86. The molecule has 86 valence electrons. The number of carbonyl (C=O) groups is 1. The van der Waals surface area contributed by atoms with Gasteiger partial charge in [-0.25, -0.2) is 9.97 Å². The minimum atomic E-state index is -0.138. The van der Waals surface area contributed by atoms with Gasteiger partial charge in [-0.05, 0) is 26.3 Å². The third-order valence-corrected chi connectivity index (χ3v) is 2.77. The highest BCUT2D eigenvalue weighted by Crippen LogP contribution is 2.15. The number of rotatable bonds is 2. The summed E-state index contributed by atoms with van der Waals surface area (Å²) in [5.74, 6) is 0.685. The summed E-state index contributed by atoms with van der Waals surface area (Å²) in [6.45, 7) is 4.60. The van der Waals surface area contributed by atoms with E-state index in [4.69, 9.17) is 0 Å². The number of aromatic nitrogens is 2. The molecule has 1 N–H and O–H groups in total. The molecule has 16 heavy (non-hydrogen) atoms. The third-order valence-electron chi connectivity index (χ3n) is 2.77. The first kappa shape index (κ1) is 10.9. The van der Waals surface area contributed by atoms with Crippen LogP contribution in [0.15, 0.2) is 6.07 Å². The molecule has 1 unspecified atom stereocenters. The van der Waals surface area contributed by atoms with Crippen LogP contribution < -0.4 is 10.2 Å². The zero-order valence-electron chi connectivity index (χ0n) is 9.82. The van der Waals surface area contributed by atoms with Crippen molar-refractivity contribution in [3.05, 3.63) is 17.5 Å². The van der Waals surface area contributed by atoms with Crippen LogP contribution in [-0.2, 0) is 4.79 Å². The highest BCUT2D eigenvalue weighted by Gasteiger charge is 2.29. The van der Waals surface area contributed by atoms with Crippen molar-refractivity contribution in [2.75, 3.05) is 18.5 Å². The maximum Gasteiger partial charge on any atom is 0.242 e. The Labute approximate surface area is 94.9 Å². The SMILES string of the molecule is Cc1cc(C)nc(N(C)C2CCNC2=O)n1. The number of amides is 1. The van der Waals surface area contributed by atoms with Gasteiger partial charge in [0.25, 0.3) is 0 Å². The van der Waals surface area contributed by atoms with Crippen LogP contribution in [0.25, 0.3) is 0 Å². The summed E-state index contributed by atoms with van der Waals surface area (Å²) >= 11 is 0. The lowest BCUT2D eigenvalue weighted by molar-refractivity contribution is -0.120. The summed E-state index contributed by atoms with van der Waals surface area (Å²) in [4.78, 5) is 22.1. The van der Waals surface area contributed by atoms with Crippen molar-refractivity contribution in [2.24, 2.45) is 0 Å². The van der Waals surface area contributed by atoms with E-state index in [0.717, 1.165) is 24.4 Å². The second kappa shape index (κ2) is 4.08. The number of carbonyl (C=O) groups excluding carboxylic acids is 1. The molecule has 1 aromatic heterocycles. The van der Waals surface area contributed by atoms with Crippen LogP contribution in [0.5, 0.6) is 0 Å². The van der Waals surface area contributed by atoms with Gasteiger partial charge in [0.05, 0.1) is 0 Å². The first-order valence-corrected chi connectivity index (χ1v) is 5.41. The number of anilines is 1. The lowest BCUT2D eigenvalue weighted by Gasteiger charge is -2.22. The largest absolute Gasteiger partial charge is 0.354 e. The average Bonchev–Trinajstić information content (AvgIpc) is 2.62. The zero-order valence-corrected chi connectivity index (χ0v) is 9.82. The molecule has 0 aliphatic carbocycles. The Morgan fingerprint density at radius 2 is 2.00 bits per heavy atom. The van der Waals surface area contributed by atoms with Gasteiger partial charge in [0.15, 0.2) is 0 Å². The van der Waals surface area contributed by atoms with Gasteiger partial charge in [-0.1, -0.05) is 0 Å². The van der Waals surface area contributed by atoms with E-state index < -0.39 is 0 Å². The van der Waals surface area contributed by atoms with E-state index in [1.54, 1.807) is 0 Å². The number of nitrogens with zero attached hydrogens (tertiary/aromatic N) is 3. The molecule has 5 heteroatoms. The van der Waals surface area contributed by atoms with Crippen molar-refractivity contribution in [1.29, 1.82) is 0 Å². The molecule has 2 rings (SSSR count). The minimum Gasteiger partial charge on any atom is -0.354 e. The summed E-state index contributed by atoms with van der Waals surface area (Å²) in [5.41, 5.74) is 1.85. The molecule has 1 saturated heterocycles. The van der Waals surface area contributed by atoms with Crippen molar-refractivity contribution >= 4 is 11.9 Å². The lowest BCUT2D eigenvalue weighted by atomic mass is 10.2. The van der Waals surface area contributed by atoms with E-state index >= 15 is 0 Å². The van der Waals surface area contributed by atoms with Gasteiger partial charge in [-0.3, -0.25) is 4.79 Å². The molecule has 1 aromatic rings. The molecule has 2 heterocycles. The summed E-state index contributed by atoms with van der Waals surface area (Å²) in [5, 5.41) is 2.81. The van der Waals surface area contributed by atoms with Crippen LogP contribution in [-0.4, -0.2) is 35.5 Å². The van der Waals surface area contributed by atoms with Crippen LogP contribution in [0.1, 0.15) is 17.8 Å². The Morgan fingerprint density at radius 1 is 1.38 bits per heavy atom. The van der Waals surface area contributed by atoms with Crippen LogP contribution in [0.4, 0.5) is 5.95 Å². The molecule has 1 amide bonds. The molecular weight excluding hydrogens is 204 g/mol. The average molecular weight is 220 g/mol. The number of nitrogens with one attached hydrogen (secondary N) is 1. The van der Waals surface area contributed by atoms with E-state index in [1.165, 1.54) is 0 Å². The second-order valence-corrected chi connectivity index (χ2v) is 4.16. The maximum atomic E-state index is 11.6. The molecule has 1 aliphatic heterocycles. The Morgan fingerprint density at radius 3 is 2.50 bits per heavy atom. The van der Waals surface area contributed by atoms with Crippen LogP contribution in [0.3, 0.4) is 0 Å². The van der Waals surface area contributed by atoms with E-state index in [-0.39, 0.29) is 11.9 Å². The van der Waals surface area contributed by atoms with Gasteiger partial charge < -0.3 is 10.2 Å².